The Morgan fingerprint density at radius 2 is 2.24 bits per heavy atom. The molecule has 1 saturated carbocycles. The molecule has 2 aromatic rings. The Bertz CT molecular complexity index is 630. The lowest BCUT2D eigenvalue weighted by atomic mass is 10.2. The molecule has 1 aliphatic rings. The number of hydrogen-bond donors (Lipinski definition) is 1. The van der Waals surface area contributed by atoms with Gasteiger partial charge in [-0.2, -0.15) is 5.10 Å². The van der Waals surface area contributed by atoms with Gasteiger partial charge in [0, 0.05) is 11.6 Å². The Hall–Kier alpha value is -1.01. The predicted octanol–water partition coefficient (Wildman–Crippen LogP) is 3.84. The fourth-order valence-corrected chi connectivity index (χ4v) is 2.34. The van der Waals surface area contributed by atoms with E-state index in [-0.39, 0.29) is 5.82 Å². The zero-order valence-electron chi connectivity index (χ0n) is 8.78. The molecular formula is C11H9BrFN3S. The molecule has 1 aromatic carbocycles. The smallest absolute Gasteiger partial charge is 0.195 e. The molecule has 6 heteroatoms. The molecule has 1 fully saturated rings. The van der Waals surface area contributed by atoms with Crippen molar-refractivity contribution in [2.75, 3.05) is 0 Å². The molecule has 1 aromatic heterocycles. The monoisotopic (exact) mass is 313 g/mol. The number of hydrogen-bond acceptors (Lipinski definition) is 2. The van der Waals surface area contributed by atoms with E-state index in [1.54, 1.807) is 6.07 Å². The van der Waals surface area contributed by atoms with Crippen molar-refractivity contribution in [3.63, 3.8) is 0 Å². The minimum absolute atomic E-state index is 0.293. The molecule has 1 heterocycles. The Balaban J connectivity index is 2.14. The molecule has 0 radical (unpaired) electrons. The molecule has 88 valence electrons. The van der Waals surface area contributed by atoms with E-state index in [9.17, 15) is 4.39 Å². The lowest BCUT2D eigenvalue weighted by Crippen LogP contribution is -1.97. The number of halogens is 2. The van der Waals surface area contributed by atoms with Crippen LogP contribution in [0.5, 0.6) is 0 Å². The number of rotatable bonds is 2. The third-order valence-corrected chi connectivity index (χ3v) is 3.73. The Morgan fingerprint density at radius 3 is 2.88 bits per heavy atom. The van der Waals surface area contributed by atoms with Gasteiger partial charge in [0.15, 0.2) is 10.6 Å². The maximum absolute atomic E-state index is 13.5. The van der Waals surface area contributed by atoms with Crippen LogP contribution in [0.1, 0.15) is 18.9 Å². The van der Waals surface area contributed by atoms with Crippen LogP contribution in [0.15, 0.2) is 22.7 Å². The van der Waals surface area contributed by atoms with Crippen molar-refractivity contribution in [2.45, 2.75) is 18.9 Å². The molecule has 0 bridgehead atoms. The summed E-state index contributed by atoms with van der Waals surface area (Å²) in [7, 11) is 0. The Labute approximate surface area is 111 Å². The average Bonchev–Trinajstić information content (AvgIpc) is 3.06. The van der Waals surface area contributed by atoms with Crippen LogP contribution in [0.3, 0.4) is 0 Å². The van der Waals surface area contributed by atoms with Crippen molar-refractivity contribution >= 4 is 28.1 Å². The molecule has 3 rings (SSSR count). The van der Waals surface area contributed by atoms with Gasteiger partial charge in [-0.3, -0.25) is 9.67 Å². The summed E-state index contributed by atoms with van der Waals surface area (Å²) in [5, 5.41) is 6.95. The van der Waals surface area contributed by atoms with Gasteiger partial charge in [0.1, 0.15) is 5.82 Å². The molecule has 0 unspecified atom stereocenters. The second-order valence-corrected chi connectivity index (χ2v) is 5.32. The standard InChI is InChI=1S/C11H9BrFN3S/c12-8-4-1-6(5-9(8)13)10-14-15-11(17)16(10)7-2-3-7/h1,4-5,7H,2-3H2,(H,15,17). The van der Waals surface area contributed by atoms with E-state index in [1.165, 1.54) is 6.07 Å². The predicted molar refractivity (Wildman–Crippen MR) is 68.8 cm³/mol. The third-order valence-electron chi connectivity index (χ3n) is 2.79. The Kier molecular flexibility index (Phi) is 2.63. The first kappa shape index (κ1) is 11.1. The second kappa shape index (κ2) is 4.03. The second-order valence-electron chi connectivity index (χ2n) is 4.08. The van der Waals surface area contributed by atoms with Crippen LogP contribution in [-0.4, -0.2) is 14.8 Å². The summed E-state index contributed by atoms with van der Waals surface area (Å²) in [4.78, 5) is 0. The molecule has 0 saturated heterocycles. The maximum Gasteiger partial charge on any atom is 0.195 e. The summed E-state index contributed by atoms with van der Waals surface area (Å²) in [6.45, 7) is 0. The minimum atomic E-state index is -0.293. The van der Waals surface area contributed by atoms with Gasteiger partial charge in [-0.25, -0.2) is 4.39 Å². The van der Waals surface area contributed by atoms with Crippen LogP contribution in [-0.2, 0) is 0 Å². The van der Waals surface area contributed by atoms with E-state index in [0.717, 1.165) is 18.4 Å². The van der Waals surface area contributed by atoms with Crippen molar-refractivity contribution < 1.29 is 4.39 Å². The van der Waals surface area contributed by atoms with Crippen LogP contribution >= 0.6 is 28.1 Å². The quantitative estimate of drug-likeness (QED) is 0.854. The van der Waals surface area contributed by atoms with Crippen LogP contribution in [0, 0.1) is 10.6 Å². The molecule has 0 aliphatic heterocycles. The van der Waals surface area contributed by atoms with Gasteiger partial charge in [0.25, 0.3) is 0 Å². The molecule has 0 spiro atoms. The van der Waals surface area contributed by atoms with Crippen molar-refractivity contribution in [1.82, 2.24) is 14.8 Å². The molecule has 1 N–H and O–H groups in total. The largest absolute Gasteiger partial charge is 0.297 e. The van der Waals surface area contributed by atoms with E-state index in [4.69, 9.17) is 12.2 Å². The highest BCUT2D eigenvalue weighted by atomic mass is 79.9. The maximum atomic E-state index is 13.5. The number of benzene rings is 1. The summed E-state index contributed by atoms with van der Waals surface area (Å²) in [5.74, 6) is 0.419. The van der Waals surface area contributed by atoms with Gasteiger partial charge < -0.3 is 0 Å². The minimum Gasteiger partial charge on any atom is -0.297 e. The fraction of sp³-hybridized carbons (Fsp3) is 0.273. The van der Waals surface area contributed by atoms with Gasteiger partial charge in [-0.05, 0) is 59.2 Å². The van der Waals surface area contributed by atoms with Crippen LogP contribution in [0.25, 0.3) is 11.4 Å². The number of aromatic nitrogens is 3. The third kappa shape index (κ3) is 1.95. The fourth-order valence-electron chi connectivity index (χ4n) is 1.82. The molecule has 0 amide bonds. The van der Waals surface area contributed by atoms with Crippen molar-refractivity contribution in [3.05, 3.63) is 33.3 Å². The van der Waals surface area contributed by atoms with E-state index in [1.807, 2.05) is 10.6 Å². The summed E-state index contributed by atoms with van der Waals surface area (Å²) < 4.78 is 16.5. The normalized spacial score (nSPS) is 15.2. The lowest BCUT2D eigenvalue weighted by Gasteiger charge is -2.05. The van der Waals surface area contributed by atoms with E-state index < -0.39 is 0 Å². The van der Waals surface area contributed by atoms with Gasteiger partial charge in [0.2, 0.25) is 0 Å². The average molecular weight is 314 g/mol. The molecule has 17 heavy (non-hydrogen) atoms. The van der Waals surface area contributed by atoms with Crippen LogP contribution in [0.2, 0.25) is 0 Å². The summed E-state index contributed by atoms with van der Waals surface area (Å²) in [6.07, 6.45) is 2.22. The van der Waals surface area contributed by atoms with Crippen LogP contribution in [0.4, 0.5) is 4.39 Å². The van der Waals surface area contributed by atoms with Gasteiger partial charge in [-0.1, -0.05) is 0 Å². The topological polar surface area (TPSA) is 33.6 Å². The number of H-pyrrole nitrogens is 1. The van der Waals surface area contributed by atoms with Gasteiger partial charge in [0.05, 0.1) is 4.47 Å². The zero-order chi connectivity index (χ0) is 12.0. The molecular weight excluding hydrogens is 305 g/mol. The number of nitrogens with one attached hydrogen (secondary N) is 1. The summed E-state index contributed by atoms with van der Waals surface area (Å²) >= 11 is 8.33. The first-order valence-corrected chi connectivity index (χ1v) is 6.49. The van der Waals surface area contributed by atoms with Crippen molar-refractivity contribution in [2.24, 2.45) is 0 Å². The van der Waals surface area contributed by atoms with Crippen molar-refractivity contribution in [1.29, 1.82) is 0 Å². The molecule has 0 atom stereocenters. The SMILES string of the molecule is Fc1cc(-c2n[nH]c(=S)n2C2CC2)ccc1Br. The van der Waals surface area contributed by atoms with E-state index in [2.05, 4.69) is 26.1 Å². The zero-order valence-corrected chi connectivity index (χ0v) is 11.2. The number of nitrogens with zero attached hydrogens (tertiary/aromatic N) is 2. The molecule has 1 aliphatic carbocycles. The summed E-state index contributed by atoms with van der Waals surface area (Å²) in [6, 6.07) is 5.40. The van der Waals surface area contributed by atoms with E-state index >= 15 is 0 Å². The van der Waals surface area contributed by atoms with E-state index in [0.29, 0.717) is 21.1 Å². The first-order chi connectivity index (χ1) is 8.16. The first-order valence-electron chi connectivity index (χ1n) is 5.29. The summed E-state index contributed by atoms with van der Waals surface area (Å²) in [5.41, 5.74) is 0.741. The van der Waals surface area contributed by atoms with Gasteiger partial charge >= 0.3 is 0 Å². The van der Waals surface area contributed by atoms with Crippen molar-refractivity contribution in [3.8, 4) is 11.4 Å². The van der Waals surface area contributed by atoms with Crippen LogP contribution < -0.4 is 0 Å². The highest BCUT2D eigenvalue weighted by Crippen LogP contribution is 2.38. The highest BCUT2D eigenvalue weighted by molar-refractivity contribution is 9.10. The molecule has 3 nitrogen and oxygen atoms in total. The highest BCUT2D eigenvalue weighted by Gasteiger charge is 2.27. The lowest BCUT2D eigenvalue weighted by molar-refractivity contribution is 0.621. The Morgan fingerprint density at radius 1 is 1.47 bits per heavy atom. The number of aromatic amines is 1. The van der Waals surface area contributed by atoms with Gasteiger partial charge in [-0.15, -0.1) is 0 Å².